The van der Waals surface area contributed by atoms with Crippen molar-refractivity contribution in [2.45, 2.75) is 64.6 Å². The fourth-order valence-corrected chi connectivity index (χ4v) is 4.37. The van der Waals surface area contributed by atoms with E-state index in [1.807, 2.05) is 68.4 Å². The predicted octanol–water partition coefficient (Wildman–Crippen LogP) is 6.22. The molecule has 190 valence electrons. The quantitative estimate of drug-likeness (QED) is 0.214. The third-order valence-corrected chi connectivity index (χ3v) is 6.00. The van der Waals surface area contributed by atoms with Crippen molar-refractivity contribution in [3.05, 3.63) is 101 Å². The molecule has 1 aromatic heterocycles. The molecule has 0 saturated heterocycles. The number of carbonyl (C=O) groups is 1. The number of aromatic nitrogens is 2. The van der Waals surface area contributed by atoms with Crippen molar-refractivity contribution in [2.75, 3.05) is 6.61 Å². The van der Waals surface area contributed by atoms with Crippen LogP contribution in [0.4, 0.5) is 0 Å². The molecule has 0 fully saturated rings. The smallest absolute Gasteiger partial charge is 0.348 e. The summed E-state index contributed by atoms with van der Waals surface area (Å²) in [5.74, 6) is -1.12. The van der Waals surface area contributed by atoms with Crippen LogP contribution in [0.5, 0.6) is 6.01 Å². The molecule has 0 aliphatic heterocycles. The van der Waals surface area contributed by atoms with Crippen molar-refractivity contribution < 1.29 is 19.4 Å². The topological polar surface area (TPSA) is 81.5 Å². The summed E-state index contributed by atoms with van der Waals surface area (Å²) >= 11 is 0. The highest BCUT2D eigenvalue weighted by Gasteiger charge is 2.48. The number of carboxylic acid groups (broad SMARTS) is 1. The number of rotatable bonds is 14. The number of aliphatic carboxylic acids is 1. The zero-order valence-electron chi connectivity index (χ0n) is 21.4. The number of carboxylic acids is 1. The molecule has 0 amide bonds. The van der Waals surface area contributed by atoms with Gasteiger partial charge in [0.05, 0.1) is 6.61 Å². The van der Waals surface area contributed by atoms with E-state index < -0.39 is 17.7 Å². The summed E-state index contributed by atoms with van der Waals surface area (Å²) in [6, 6.07) is 21.5. The summed E-state index contributed by atoms with van der Waals surface area (Å²) in [5.41, 5.74) is 2.14. The van der Waals surface area contributed by atoms with Crippen LogP contribution in [0, 0.1) is 13.8 Å². The number of nitrogens with zero attached hydrogens (tertiary/aromatic N) is 2. The van der Waals surface area contributed by atoms with Crippen LogP contribution in [0.3, 0.4) is 0 Å². The number of ether oxygens (including phenoxy) is 2. The van der Waals surface area contributed by atoms with Crippen LogP contribution in [0.15, 0.2) is 78.9 Å². The molecule has 2 atom stereocenters. The van der Waals surface area contributed by atoms with Gasteiger partial charge in [-0.05, 0) is 63.1 Å². The summed E-state index contributed by atoms with van der Waals surface area (Å²) in [7, 11) is 0. The Hall–Kier alpha value is -3.51. The number of allylic oxidation sites excluding steroid dienone is 1. The van der Waals surface area contributed by atoms with Crippen LogP contribution in [0.25, 0.3) is 0 Å². The van der Waals surface area contributed by atoms with Gasteiger partial charge in [-0.2, -0.15) is 0 Å². The molecule has 6 heteroatoms. The largest absolute Gasteiger partial charge is 0.478 e. The molecule has 3 rings (SSSR count). The Morgan fingerprint density at radius 2 is 1.64 bits per heavy atom. The molecular formula is C30H36N2O4. The first-order valence-electron chi connectivity index (χ1n) is 12.5. The molecular weight excluding hydrogens is 452 g/mol. The number of aryl methyl sites for hydroxylation is 3. The van der Waals surface area contributed by atoms with E-state index in [1.165, 1.54) is 5.56 Å². The lowest BCUT2D eigenvalue weighted by Gasteiger charge is -2.38. The van der Waals surface area contributed by atoms with E-state index in [0.717, 1.165) is 18.4 Å². The van der Waals surface area contributed by atoms with Crippen molar-refractivity contribution in [3.8, 4) is 6.01 Å². The van der Waals surface area contributed by atoms with Crippen molar-refractivity contribution in [2.24, 2.45) is 0 Å². The van der Waals surface area contributed by atoms with E-state index in [0.29, 0.717) is 37.3 Å². The minimum atomic E-state index is -1.34. The van der Waals surface area contributed by atoms with Crippen molar-refractivity contribution in [3.63, 3.8) is 0 Å². The Morgan fingerprint density at radius 1 is 1.00 bits per heavy atom. The van der Waals surface area contributed by atoms with E-state index in [9.17, 15) is 9.90 Å². The monoisotopic (exact) mass is 488 g/mol. The molecule has 36 heavy (non-hydrogen) atoms. The highest BCUT2D eigenvalue weighted by atomic mass is 16.6. The molecule has 0 spiro atoms. The van der Waals surface area contributed by atoms with Gasteiger partial charge in [0.25, 0.3) is 0 Å². The van der Waals surface area contributed by atoms with Crippen molar-refractivity contribution in [1.29, 1.82) is 0 Å². The zero-order chi connectivity index (χ0) is 25.8. The first kappa shape index (κ1) is 27.1. The Morgan fingerprint density at radius 3 is 2.25 bits per heavy atom. The van der Waals surface area contributed by atoms with Gasteiger partial charge in [-0.1, -0.05) is 79.7 Å². The molecule has 0 saturated carbocycles. The highest BCUT2D eigenvalue weighted by Crippen LogP contribution is 2.38. The van der Waals surface area contributed by atoms with E-state index in [2.05, 4.69) is 41.2 Å². The third kappa shape index (κ3) is 7.49. The molecule has 2 unspecified atom stereocenters. The summed E-state index contributed by atoms with van der Waals surface area (Å²) < 4.78 is 12.6. The maximum absolute atomic E-state index is 12.8. The Balaban J connectivity index is 2.00. The molecule has 6 nitrogen and oxygen atoms in total. The SMILES string of the molecule is CC/C=C/CCOC(CCCc1ccccc1)(c1ccccc1)C(Oc1nc(C)cc(C)n1)C(=O)O. The van der Waals surface area contributed by atoms with Crippen LogP contribution in [0.1, 0.15) is 55.1 Å². The molecule has 3 aromatic rings. The summed E-state index contributed by atoms with van der Waals surface area (Å²) in [4.78, 5) is 21.5. The average Bonchev–Trinajstić information content (AvgIpc) is 2.87. The minimum Gasteiger partial charge on any atom is -0.478 e. The average molecular weight is 489 g/mol. The van der Waals surface area contributed by atoms with Gasteiger partial charge in [-0.3, -0.25) is 0 Å². The number of hydrogen-bond donors (Lipinski definition) is 1. The highest BCUT2D eigenvalue weighted by molar-refractivity contribution is 5.75. The Bertz CT molecular complexity index is 1100. The first-order valence-corrected chi connectivity index (χ1v) is 12.5. The van der Waals surface area contributed by atoms with Gasteiger partial charge >= 0.3 is 12.0 Å². The summed E-state index contributed by atoms with van der Waals surface area (Å²) in [5, 5.41) is 10.5. The number of benzene rings is 2. The zero-order valence-corrected chi connectivity index (χ0v) is 21.4. The minimum absolute atomic E-state index is 0.0396. The molecule has 2 aromatic carbocycles. The Labute approximate surface area is 214 Å². The van der Waals surface area contributed by atoms with Gasteiger partial charge in [-0.15, -0.1) is 0 Å². The van der Waals surface area contributed by atoms with E-state index in [-0.39, 0.29) is 6.01 Å². The maximum Gasteiger partial charge on any atom is 0.348 e. The lowest BCUT2D eigenvalue weighted by molar-refractivity contribution is -0.173. The lowest BCUT2D eigenvalue weighted by Crippen LogP contribution is -2.51. The van der Waals surface area contributed by atoms with Gasteiger partial charge in [-0.25, -0.2) is 14.8 Å². The van der Waals surface area contributed by atoms with Crippen LogP contribution in [-0.4, -0.2) is 33.8 Å². The molecule has 0 aliphatic rings. The standard InChI is InChI=1S/C30H36N2O4/c1-4-5-6-13-21-35-30(26-18-11-8-12-19-26,20-14-17-25-15-9-7-10-16-25)27(28(33)34)36-29-31-23(2)22-24(3)32-29/h5-12,15-16,18-19,22,27H,4,13-14,17,20-21H2,1-3H3,(H,33,34)/b6-5+. The number of hydrogen-bond acceptors (Lipinski definition) is 5. The van der Waals surface area contributed by atoms with Gasteiger partial charge < -0.3 is 14.6 Å². The van der Waals surface area contributed by atoms with E-state index >= 15 is 0 Å². The molecule has 1 N–H and O–H groups in total. The molecule has 0 aliphatic carbocycles. The molecule has 1 heterocycles. The first-order chi connectivity index (χ1) is 17.4. The fourth-order valence-electron chi connectivity index (χ4n) is 4.37. The molecule has 0 radical (unpaired) electrons. The van der Waals surface area contributed by atoms with E-state index in [4.69, 9.17) is 9.47 Å². The van der Waals surface area contributed by atoms with Crippen LogP contribution < -0.4 is 4.74 Å². The van der Waals surface area contributed by atoms with Crippen LogP contribution in [0.2, 0.25) is 0 Å². The fraction of sp³-hybridized carbons (Fsp3) is 0.367. The van der Waals surface area contributed by atoms with Crippen molar-refractivity contribution in [1.82, 2.24) is 9.97 Å². The molecule has 0 bridgehead atoms. The van der Waals surface area contributed by atoms with Gasteiger partial charge in [0.2, 0.25) is 6.10 Å². The second-order valence-corrected chi connectivity index (χ2v) is 8.88. The second-order valence-electron chi connectivity index (χ2n) is 8.88. The summed E-state index contributed by atoms with van der Waals surface area (Å²) in [6.07, 6.45) is 6.36. The third-order valence-electron chi connectivity index (χ3n) is 6.00. The van der Waals surface area contributed by atoms with E-state index in [1.54, 1.807) is 0 Å². The van der Waals surface area contributed by atoms with Gasteiger partial charge in [0.15, 0.2) is 0 Å². The van der Waals surface area contributed by atoms with Gasteiger partial charge in [0.1, 0.15) is 5.60 Å². The second kappa shape index (κ2) is 13.5. The maximum atomic E-state index is 12.8. The summed E-state index contributed by atoms with van der Waals surface area (Å²) in [6.45, 7) is 6.10. The van der Waals surface area contributed by atoms with Crippen LogP contribution in [-0.2, 0) is 21.6 Å². The predicted molar refractivity (Wildman–Crippen MR) is 141 cm³/mol. The van der Waals surface area contributed by atoms with Crippen LogP contribution >= 0.6 is 0 Å². The lowest BCUT2D eigenvalue weighted by atomic mass is 9.82. The van der Waals surface area contributed by atoms with Gasteiger partial charge in [0, 0.05) is 11.4 Å². The normalized spacial score (nSPS) is 13.9. The Kier molecular flexibility index (Phi) is 10.2. The van der Waals surface area contributed by atoms with Crippen molar-refractivity contribution >= 4 is 5.97 Å².